The maximum absolute atomic E-state index is 6.31. The van der Waals surface area contributed by atoms with Crippen LogP contribution in [0.3, 0.4) is 0 Å². The summed E-state index contributed by atoms with van der Waals surface area (Å²) in [5.41, 5.74) is 7.41. The molecule has 0 atom stereocenters. The predicted molar refractivity (Wildman–Crippen MR) is 93.8 cm³/mol. The van der Waals surface area contributed by atoms with Gasteiger partial charge in [0, 0.05) is 26.3 Å². The van der Waals surface area contributed by atoms with Crippen molar-refractivity contribution in [1.29, 1.82) is 0 Å². The highest BCUT2D eigenvalue weighted by Gasteiger charge is 2.06. The predicted octanol–water partition coefficient (Wildman–Crippen LogP) is 4.94. The van der Waals surface area contributed by atoms with Crippen molar-refractivity contribution in [3.63, 3.8) is 0 Å². The lowest BCUT2D eigenvalue weighted by Gasteiger charge is -2.17. The van der Waals surface area contributed by atoms with Crippen LogP contribution in [0.25, 0.3) is 0 Å². The molecule has 0 saturated heterocycles. The van der Waals surface area contributed by atoms with Crippen molar-refractivity contribution < 1.29 is 0 Å². The first-order valence-electron chi connectivity index (χ1n) is 7.16. The Bertz CT molecular complexity index is 625. The van der Waals surface area contributed by atoms with Gasteiger partial charge >= 0.3 is 0 Å². The SMILES string of the molecule is Cc1cc(C)c(CNc2ccc(N(C)C)c(Cl)c2)c(C)c1. The fourth-order valence-electron chi connectivity index (χ4n) is 2.66. The molecule has 0 amide bonds. The number of hydrogen-bond acceptors (Lipinski definition) is 2. The van der Waals surface area contributed by atoms with Gasteiger partial charge in [-0.2, -0.15) is 0 Å². The first kappa shape index (κ1) is 15.7. The van der Waals surface area contributed by atoms with Crippen LogP contribution in [0.2, 0.25) is 5.02 Å². The van der Waals surface area contributed by atoms with Gasteiger partial charge in [0.05, 0.1) is 10.7 Å². The molecular formula is C18H23ClN2. The van der Waals surface area contributed by atoms with E-state index in [1.807, 2.05) is 31.1 Å². The summed E-state index contributed by atoms with van der Waals surface area (Å²) in [6, 6.07) is 10.5. The number of benzene rings is 2. The van der Waals surface area contributed by atoms with Crippen molar-refractivity contribution in [3.05, 3.63) is 57.6 Å². The van der Waals surface area contributed by atoms with Crippen LogP contribution in [0, 0.1) is 20.8 Å². The summed E-state index contributed by atoms with van der Waals surface area (Å²) in [5.74, 6) is 0. The van der Waals surface area contributed by atoms with E-state index in [-0.39, 0.29) is 0 Å². The monoisotopic (exact) mass is 302 g/mol. The standard InChI is InChI=1S/C18H23ClN2/c1-12-8-13(2)16(14(3)9-12)11-20-15-6-7-18(21(4)5)17(19)10-15/h6-10,20H,11H2,1-5H3. The van der Waals surface area contributed by atoms with Gasteiger partial charge in [0.1, 0.15) is 0 Å². The van der Waals surface area contributed by atoms with Gasteiger partial charge < -0.3 is 10.2 Å². The Labute approximate surface area is 132 Å². The lowest BCUT2D eigenvalue weighted by Crippen LogP contribution is -2.09. The van der Waals surface area contributed by atoms with E-state index in [1.54, 1.807) is 0 Å². The minimum atomic E-state index is 0.766. The quantitative estimate of drug-likeness (QED) is 0.860. The van der Waals surface area contributed by atoms with E-state index < -0.39 is 0 Å². The molecule has 0 aliphatic carbocycles. The van der Waals surface area contributed by atoms with Gasteiger partial charge in [-0.25, -0.2) is 0 Å². The number of nitrogens with zero attached hydrogens (tertiary/aromatic N) is 1. The maximum atomic E-state index is 6.31. The molecule has 0 spiro atoms. The summed E-state index contributed by atoms with van der Waals surface area (Å²) >= 11 is 6.31. The van der Waals surface area contributed by atoms with Crippen LogP contribution in [0.15, 0.2) is 30.3 Å². The van der Waals surface area contributed by atoms with Gasteiger partial charge in [-0.05, 0) is 55.7 Å². The Morgan fingerprint density at radius 3 is 2.14 bits per heavy atom. The molecule has 0 aromatic heterocycles. The van der Waals surface area contributed by atoms with Crippen molar-refractivity contribution >= 4 is 23.0 Å². The molecule has 0 heterocycles. The third-order valence-electron chi connectivity index (χ3n) is 3.74. The number of anilines is 2. The second-order valence-corrected chi connectivity index (χ2v) is 6.20. The van der Waals surface area contributed by atoms with Gasteiger partial charge in [0.2, 0.25) is 0 Å². The van der Waals surface area contributed by atoms with Gasteiger partial charge in [0.25, 0.3) is 0 Å². The van der Waals surface area contributed by atoms with E-state index in [9.17, 15) is 0 Å². The maximum Gasteiger partial charge on any atom is 0.0659 e. The van der Waals surface area contributed by atoms with E-state index >= 15 is 0 Å². The average molecular weight is 303 g/mol. The highest BCUT2D eigenvalue weighted by Crippen LogP contribution is 2.28. The highest BCUT2D eigenvalue weighted by molar-refractivity contribution is 6.33. The summed E-state index contributed by atoms with van der Waals surface area (Å²) in [6.45, 7) is 7.28. The van der Waals surface area contributed by atoms with E-state index in [2.05, 4.69) is 44.3 Å². The van der Waals surface area contributed by atoms with Crippen LogP contribution >= 0.6 is 11.6 Å². The van der Waals surface area contributed by atoms with Gasteiger partial charge in [-0.1, -0.05) is 29.3 Å². The molecule has 0 aliphatic rings. The molecule has 0 aliphatic heterocycles. The topological polar surface area (TPSA) is 15.3 Å². The van der Waals surface area contributed by atoms with Crippen LogP contribution < -0.4 is 10.2 Å². The molecular weight excluding hydrogens is 280 g/mol. The summed E-state index contributed by atoms with van der Waals surface area (Å²) in [4.78, 5) is 2.01. The second-order valence-electron chi connectivity index (χ2n) is 5.79. The zero-order valence-electron chi connectivity index (χ0n) is 13.4. The molecule has 2 rings (SSSR count). The molecule has 0 radical (unpaired) electrons. The van der Waals surface area contributed by atoms with Crippen LogP contribution in [0.1, 0.15) is 22.3 Å². The zero-order chi connectivity index (χ0) is 15.6. The zero-order valence-corrected chi connectivity index (χ0v) is 14.2. The molecule has 3 heteroatoms. The molecule has 1 N–H and O–H groups in total. The number of hydrogen-bond donors (Lipinski definition) is 1. The Kier molecular flexibility index (Phi) is 4.79. The molecule has 0 saturated carbocycles. The van der Waals surface area contributed by atoms with Gasteiger partial charge in [0.15, 0.2) is 0 Å². The number of rotatable bonds is 4. The second kappa shape index (κ2) is 6.40. The third-order valence-corrected chi connectivity index (χ3v) is 4.04. The largest absolute Gasteiger partial charge is 0.381 e. The first-order chi connectivity index (χ1) is 9.88. The van der Waals surface area contributed by atoms with Crippen molar-refractivity contribution in [2.75, 3.05) is 24.3 Å². The van der Waals surface area contributed by atoms with Crippen LogP contribution in [-0.4, -0.2) is 14.1 Å². The Morgan fingerprint density at radius 1 is 1.00 bits per heavy atom. The smallest absolute Gasteiger partial charge is 0.0659 e. The normalized spacial score (nSPS) is 10.6. The fourth-order valence-corrected chi connectivity index (χ4v) is 3.01. The van der Waals surface area contributed by atoms with Crippen molar-refractivity contribution in [2.45, 2.75) is 27.3 Å². The van der Waals surface area contributed by atoms with Gasteiger partial charge in [-0.15, -0.1) is 0 Å². The molecule has 0 bridgehead atoms. The molecule has 21 heavy (non-hydrogen) atoms. The molecule has 112 valence electrons. The Morgan fingerprint density at radius 2 is 1.62 bits per heavy atom. The Hall–Kier alpha value is -1.67. The summed E-state index contributed by atoms with van der Waals surface area (Å²) in [6.07, 6.45) is 0. The van der Waals surface area contributed by atoms with Crippen LogP contribution in [0.5, 0.6) is 0 Å². The van der Waals surface area contributed by atoms with Crippen molar-refractivity contribution in [2.24, 2.45) is 0 Å². The summed E-state index contributed by atoms with van der Waals surface area (Å²) in [7, 11) is 3.99. The lowest BCUT2D eigenvalue weighted by atomic mass is 10.00. The first-order valence-corrected chi connectivity index (χ1v) is 7.53. The average Bonchev–Trinajstić information content (AvgIpc) is 2.36. The van der Waals surface area contributed by atoms with Crippen molar-refractivity contribution in [3.8, 4) is 0 Å². The van der Waals surface area contributed by atoms with Crippen LogP contribution in [-0.2, 0) is 6.54 Å². The van der Waals surface area contributed by atoms with Crippen molar-refractivity contribution in [1.82, 2.24) is 0 Å². The number of aryl methyl sites for hydroxylation is 3. The fraction of sp³-hybridized carbons (Fsp3) is 0.333. The van der Waals surface area contributed by atoms with E-state index in [4.69, 9.17) is 11.6 Å². The molecule has 2 aromatic carbocycles. The van der Waals surface area contributed by atoms with Gasteiger partial charge in [-0.3, -0.25) is 0 Å². The molecule has 0 fully saturated rings. The third kappa shape index (κ3) is 3.70. The summed E-state index contributed by atoms with van der Waals surface area (Å²) < 4.78 is 0. The molecule has 2 nitrogen and oxygen atoms in total. The van der Waals surface area contributed by atoms with E-state index in [0.29, 0.717) is 0 Å². The van der Waals surface area contributed by atoms with Crippen LogP contribution in [0.4, 0.5) is 11.4 Å². The molecule has 2 aromatic rings. The van der Waals surface area contributed by atoms with E-state index in [0.717, 1.165) is 22.9 Å². The minimum absolute atomic E-state index is 0.766. The van der Waals surface area contributed by atoms with E-state index in [1.165, 1.54) is 22.3 Å². The number of halogens is 1. The summed E-state index contributed by atoms with van der Waals surface area (Å²) in [5, 5.41) is 4.23. The number of nitrogens with one attached hydrogen (secondary N) is 1. The molecule has 0 unspecified atom stereocenters. The minimum Gasteiger partial charge on any atom is -0.381 e. The Balaban J connectivity index is 2.16. The highest BCUT2D eigenvalue weighted by atomic mass is 35.5. The lowest BCUT2D eigenvalue weighted by molar-refractivity contribution is 1.08.